The predicted octanol–water partition coefficient (Wildman–Crippen LogP) is 3.62. The first-order valence-electron chi connectivity index (χ1n) is 13.6. The molecule has 0 atom stereocenters. The molecule has 2 aromatic carbocycles. The van der Waals surface area contributed by atoms with Crippen LogP contribution in [0.1, 0.15) is 54.4 Å². The van der Waals surface area contributed by atoms with Crippen LogP contribution < -0.4 is 10.4 Å². The van der Waals surface area contributed by atoms with Crippen LogP contribution in [0.5, 0.6) is 0 Å². The van der Waals surface area contributed by atoms with Gasteiger partial charge in [0.15, 0.2) is 20.4 Å². The van der Waals surface area contributed by atoms with Crippen LogP contribution in [0.2, 0.25) is 0 Å². The van der Waals surface area contributed by atoms with Gasteiger partial charge in [0, 0.05) is 49.9 Å². The first-order valence-corrected chi connectivity index (χ1v) is 15.1. The van der Waals surface area contributed by atoms with E-state index in [2.05, 4.69) is 9.80 Å². The summed E-state index contributed by atoms with van der Waals surface area (Å²) < 4.78 is 25.9. The number of carbonyl (C=O) groups excluding carboxylic acids is 2. The number of hydroxylamine groups is 1. The fourth-order valence-electron chi connectivity index (χ4n) is 5.90. The Morgan fingerprint density at radius 1 is 0.921 bits per heavy atom. The zero-order valence-electron chi connectivity index (χ0n) is 21.9. The van der Waals surface area contributed by atoms with E-state index in [9.17, 15) is 23.2 Å². The van der Waals surface area contributed by atoms with Gasteiger partial charge in [-0.25, -0.2) is 13.9 Å². The quantitative estimate of drug-likeness (QED) is 0.300. The van der Waals surface area contributed by atoms with E-state index in [1.807, 2.05) is 31.2 Å². The normalized spacial score (nSPS) is 20.7. The summed E-state index contributed by atoms with van der Waals surface area (Å²) in [5.74, 6) is -0.00459. The van der Waals surface area contributed by atoms with Gasteiger partial charge in [-0.2, -0.15) is 0 Å². The van der Waals surface area contributed by atoms with Crippen LogP contribution in [0.15, 0.2) is 53.4 Å². The highest BCUT2D eigenvalue weighted by atomic mass is 32.2. The molecule has 5 rings (SSSR count). The van der Waals surface area contributed by atoms with Gasteiger partial charge in [-0.15, -0.1) is 0 Å². The summed E-state index contributed by atoms with van der Waals surface area (Å²) in [4.78, 5) is 30.2. The van der Waals surface area contributed by atoms with Gasteiger partial charge in [0.05, 0.1) is 4.90 Å². The molecule has 3 aliphatic rings. The number of sulfone groups is 1. The number of ketones is 1. The van der Waals surface area contributed by atoms with Gasteiger partial charge >= 0.3 is 0 Å². The number of hydrogen-bond acceptors (Lipinski definition) is 7. The van der Waals surface area contributed by atoms with Gasteiger partial charge in [0.25, 0.3) is 5.91 Å². The Labute approximate surface area is 224 Å². The number of aryl methyl sites for hydroxylation is 1. The van der Waals surface area contributed by atoms with E-state index in [0.29, 0.717) is 32.1 Å². The average Bonchev–Trinajstić information content (AvgIpc) is 3.77. The third-order valence-electron chi connectivity index (χ3n) is 8.62. The number of carbonyl (C=O) groups is 2. The molecule has 0 aromatic heterocycles. The Morgan fingerprint density at radius 3 is 2.08 bits per heavy atom. The molecular formula is C29H37N3O5S. The van der Waals surface area contributed by atoms with Crippen LogP contribution in [0, 0.1) is 18.8 Å². The average molecular weight is 540 g/mol. The Balaban J connectivity index is 1.25. The summed E-state index contributed by atoms with van der Waals surface area (Å²) in [7, 11) is -4.03. The van der Waals surface area contributed by atoms with Crippen LogP contribution in [-0.2, 0) is 14.6 Å². The van der Waals surface area contributed by atoms with Crippen LogP contribution in [0.3, 0.4) is 0 Å². The minimum Gasteiger partial charge on any atom is -0.371 e. The van der Waals surface area contributed by atoms with Crippen LogP contribution in [-0.4, -0.2) is 67.7 Å². The van der Waals surface area contributed by atoms with E-state index in [1.54, 1.807) is 29.7 Å². The lowest BCUT2D eigenvalue weighted by molar-refractivity contribution is -0.133. The van der Waals surface area contributed by atoms with Crippen molar-refractivity contribution in [3.8, 4) is 0 Å². The Bertz CT molecular complexity index is 1260. The highest BCUT2D eigenvalue weighted by Crippen LogP contribution is 2.38. The molecule has 2 heterocycles. The molecule has 0 bridgehead atoms. The van der Waals surface area contributed by atoms with Crippen molar-refractivity contribution in [2.24, 2.45) is 11.8 Å². The molecule has 8 nitrogen and oxygen atoms in total. The zero-order chi connectivity index (χ0) is 26.9. The van der Waals surface area contributed by atoms with E-state index in [0.717, 1.165) is 36.2 Å². The molecule has 2 aliphatic heterocycles. The van der Waals surface area contributed by atoms with Crippen molar-refractivity contribution in [3.05, 3.63) is 59.7 Å². The van der Waals surface area contributed by atoms with Gasteiger partial charge in [-0.3, -0.25) is 14.8 Å². The van der Waals surface area contributed by atoms with Gasteiger partial charge < -0.3 is 9.80 Å². The second-order valence-corrected chi connectivity index (χ2v) is 13.4. The lowest BCUT2D eigenvalue weighted by Crippen LogP contribution is -2.57. The molecule has 3 fully saturated rings. The molecular weight excluding hydrogens is 502 g/mol. The number of amides is 1. The summed E-state index contributed by atoms with van der Waals surface area (Å²) in [6, 6.07) is 14.4. The number of piperidine rings is 2. The van der Waals surface area contributed by atoms with E-state index in [4.69, 9.17) is 0 Å². The third kappa shape index (κ3) is 5.24. The molecule has 2 aromatic rings. The highest BCUT2D eigenvalue weighted by Gasteiger charge is 2.53. The summed E-state index contributed by atoms with van der Waals surface area (Å²) in [5, 5.41) is 9.44. The van der Waals surface area contributed by atoms with Crippen molar-refractivity contribution < 1.29 is 23.2 Å². The minimum atomic E-state index is -4.03. The molecule has 0 radical (unpaired) electrons. The van der Waals surface area contributed by atoms with Crippen molar-refractivity contribution >= 4 is 27.2 Å². The maximum atomic E-state index is 13.8. The van der Waals surface area contributed by atoms with E-state index >= 15 is 0 Å². The van der Waals surface area contributed by atoms with Gasteiger partial charge in [0.2, 0.25) is 0 Å². The lowest BCUT2D eigenvalue weighted by Gasteiger charge is -2.39. The Morgan fingerprint density at radius 2 is 1.53 bits per heavy atom. The zero-order valence-corrected chi connectivity index (χ0v) is 22.8. The standard InChI is InChI=1S/C29H37N3O5S/c1-21-2-6-23(7-3-21)27(33)24-12-16-32(17-13-24)25-8-10-26(11-9-25)38(36,37)29(28(34)30-35)14-18-31(19-15-29)20-22-4-5-22/h2-3,6-11,22,24,35H,4-5,12-20H2,1H3,(H,30,34). The molecule has 2 saturated heterocycles. The van der Waals surface area contributed by atoms with E-state index in [-0.39, 0.29) is 29.4 Å². The van der Waals surface area contributed by atoms with Crippen LogP contribution in [0.4, 0.5) is 5.69 Å². The number of anilines is 1. The van der Waals surface area contributed by atoms with Crippen LogP contribution >= 0.6 is 0 Å². The molecule has 1 aliphatic carbocycles. The number of hydrogen-bond donors (Lipinski definition) is 2. The van der Waals surface area contributed by atoms with Crippen LogP contribution in [0.25, 0.3) is 0 Å². The third-order valence-corrected chi connectivity index (χ3v) is 11.1. The molecule has 1 amide bonds. The van der Waals surface area contributed by atoms with E-state index < -0.39 is 20.5 Å². The number of rotatable bonds is 8. The smallest absolute Gasteiger partial charge is 0.265 e. The van der Waals surface area contributed by atoms with Crippen molar-refractivity contribution in [1.82, 2.24) is 10.4 Å². The minimum absolute atomic E-state index is 0.0174. The fraction of sp³-hybridized carbons (Fsp3) is 0.517. The fourth-order valence-corrected chi connectivity index (χ4v) is 7.85. The second-order valence-electron chi connectivity index (χ2n) is 11.2. The number of benzene rings is 2. The molecule has 2 N–H and O–H groups in total. The second kappa shape index (κ2) is 10.8. The topological polar surface area (TPSA) is 107 Å². The number of Topliss-reactive ketones (excluding diaryl/α,β-unsaturated/α-hetero) is 1. The molecule has 0 spiro atoms. The van der Waals surface area contributed by atoms with Gasteiger partial charge in [-0.05, 0) is 75.6 Å². The summed E-state index contributed by atoms with van der Waals surface area (Å²) in [6.07, 6.45) is 4.21. The van der Waals surface area contributed by atoms with Gasteiger partial charge in [-0.1, -0.05) is 29.8 Å². The first kappa shape index (κ1) is 26.8. The number of nitrogens with one attached hydrogen (secondary N) is 1. The maximum absolute atomic E-state index is 13.8. The molecule has 38 heavy (non-hydrogen) atoms. The SMILES string of the molecule is Cc1ccc(C(=O)C2CCN(c3ccc(S(=O)(=O)C4(C(=O)NO)CCN(CC5CC5)CC4)cc3)CC2)cc1. The molecule has 204 valence electrons. The largest absolute Gasteiger partial charge is 0.371 e. The maximum Gasteiger partial charge on any atom is 0.265 e. The molecule has 0 unspecified atom stereocenters. The number of likely N-dealkylation sites (tertiary alicyclic amines) is 1. The molecule has 1 saturated carbocycles. The van der Waals surface area contributed by atoms with Crippen molar-refractivity contribution in [3.63, 3.8) is 0 Å². The monoisotopic (exact) mass is 539 g/mol. The summed E-state index contributed by atoms with van der Waals surface area (Å²) >= 11 is 0. The number of nitrogens with zero attached hydrogens (tertiary/aromatic N) is 2. The predicted molar refractivity (Wildman–Crippen MR) is 145 cm³/mol. The van der Waals surface area contributed by atoms with Crippen molar-refractivity contribution in [2.75, 3.05) is 37.6 Å². The lowest BCUT2D eigenvalue weighted by atomic mass is 9.88. The van der Waals surface area contributed by atoms with Crippen molar-refractivity contribution in [2.45, 2.75) is 55.1 Å². The Kier molecular flexibility index (Phi) is 7.62. The summed E-state index contributed by atoms with van der Waals surface area (Å²) in [6.45, 7) is 5.39. The first-order chi connectivity index (χ1) is 18.2. The Hall–Kier alpha value is -2.75. The highest BCUT2D eigenvalue weighted by molar-refractivity contribution is 7.93. The van der Waals surface area contributed by atoms with Gasteiger partial charge in [0.1, 0.15) is 0 Å². The molecule has 9 heteroatoms. The van der Waals surface area contributed by atoms with Crippen molar-refractivity contribution in [1.29, 1.82) is 0 Å². The summed E-state index contributed by atoms with van der Waals surface area (Å²) in [5.41, 5.74) is 4.41. The van der Waals surface area contributed by atoms with E-state index in [1.165, 1.54) is 12.8 Å².